The van der Waals surface area contributed by atoms with Crippen LogP contribution in [0, 0.1) is 10.1 Å². The van der Waals surface area contributed by atoms with Crippen LogP contribution >= 0.6 is 11.6 Å². The minimum absolute atomic E-state index is 0.00802. The highest BCUT2D eigenvalue weighted by Crippen LogP contribution is 2.15. The van der Waals surface area contributed by atoms with Crippen molar-refractivity contribution >= 4 is 23.5 Å². The molecular formula is C14H11ClN2O3. The van der Waals surface area contributed by atoms with Crippen molar-refractivity contribution < 1.29 is 9.76 Å². The number of halogens is 1. The molecule has 0 saturated heterocycles. The van der Waals surface area contributed by atoms with Crippen LogP contribution in [-0.4, -0.2) is 11.1 Å². The van der Waals surface area contributed by atoms with Crippen LogP contribution in [0.2, 0.25) is 5.02 Å². The number of para-hydroxylation sites is 1. The molecule has 0 spiro atoms. The highest BCUT2D eigenvalue weighted by molar-refractivity contribution is 6.30. The molecule has 5 nitrogen and oxygen atoms in total. The van der Waals surface area contributed by atoms with E-state index in [1.807, 2.05) is 12.1 Å². The van der Waals surface area contributed by atoms with Gasteiger partial charge in [0.05, 0.1) is 16.7 Å². The van der Waals surface area contributed by atoms with E-state index < -0.39 is 4.92 Å². The van der Waals surface area contributed by atoms with Crippen LogP contribution in [0.3, 0.4) is 0 Å². The number of oxime groups is 1. The smallest absolute Gasteiger partial charge is 0.278 e. The molecule has 20 heavy (non-hydrogen) atoms. The third-order valence-electron chi connectivity index (χ3n) is 2.54. The lowest BCUT2D eigenvalue weighted by Crippen LogP contribution is -1.94. The quantitative estimate of drug-likeness (QED) is 0.478. The summed E-state index contributed by atoms with van der Waals surface area (Å²) in [6.45, 7) is 0.272. The molecule has 0 heterocycles. The van der Waals surface area contributed by atoms with Crippen molar-refractivity contribution in [3.63, 3.8) is 0 Å². The Kier molecular flexibility index (Phi) is 4.68. The van der Waals surface area contributed by atoms with E-state index >= 15 is 0 Å². The Morgan fingerprint density at radius 2 is 1.90 bits per heavy atom. The van der Waals surface area contributed by atoms with Gasteiger partial charge in [0.1, 0.15) is 6.61 Å². The predicted molar refractivity (Wildman–Crippen MR) is 76.9 cm³/mol. The van der Waals surface area contributed by atoms with E-state index in [1.165, 1.54) is 12.3 Å². The third kappa shape index (κ3) is 3.80. The number of nitro benzene ring substituents is 1. The fourth-order valence-electron chi connectivity index (χ4n) is 1.55. The van der Waals surface area contributed by atoms with Gasteiger partial charge < -0.3 is 4.84 Å². The van der Waals surface area contributed by atoms with Crippen LogP contribution in [0.1, 0.15) is 11.1 Å². The van der Waals surface area contributed by atoms with Gasteiger partial charge in [-0.1, -0.05) is 41.0 Å². The molecule has 2 rings (SSSR count). The summed E-state index contributed by atoms with van der Waals surface area (Å²) in [5.41, 5.74) is 1.30. The molecule has 0 saturated carbocycles. The van der Waals surface area contributed by atoms with Gasteiger partial charge in [-0.15, -0.1) is 0 Å². The Morgan fingerprint density at radius 1 is 1.20 bits per heavy atom. The van der Waals surface area contributed by atoms with Gasteiger partial charge in [-0.3, -0.25) is 10.1 Å². The second kappa shape index (κ2) is 6.68. The van der Waals surface area contributed by atoms with Crippen LogP contribution in [0.4, 0.5) is 5.69 Å². The van der Waals surface area contributed by atoms with Gasteiger partial charge in [0.25, 0.3) is 5.69 Å². The molecule has 0 aromatic heterocycles. The molecule has 0 aliphatic rings. The summed E-state index contributed by atoms with van der Waals surface area (Å²) < 4.78 is 0. The predicted octanol–water partition coefficient (Wildman–Crippen LogP) is 3.80. The Balaban J connectivity index is 1.97. The zero-order valence-corrected chi connectivity index (χ0v) is 11.2. The average molecular weight is 291 g/mol. The maximum absolute atomic E-state index is 10.8. The maximum Gasteiger partial charge on any atom is 0.278 e. The second-order valence-corrected chi connectivity index (χ2v) is 4.39. The summed E-state index contributed by atoms with van der Waals surface area (Å²) in [6, 6.07) is 13.5. The molecule has 0 atom stereocenters. The fourth-order valence-corrected chi connectivity index (χ4v) is 1.68. The van der Waals surface area contributed by atoms with E-state index in [9.17, 15) is 10.1 Å². The van der Waals surface area contributed by atoms with Crippen LogP contribution in [0.5, 0.6) is 0 Å². The molecule has 0 radical (unpaired) electrons. The average Bonchev–Trinajstić information content (AvgIpc) is 2.46. The topological polar surface area (TPSA) is 64.7 Å². The largest absolute Gasteiger partial charge is 0.391 e. The Bertz CT molecular complexity index is 627. The summed E-state index contributed by atoms with van der Waals surface area (Å²) in [6.07, 6.45) is 1.33. The minimum Gasteiger partial charge on any atom is -0.391 e. The maximum atomic E-state index is 10.8. The lowest BCUT2D eigenvalue weighted by molar-refractivity contribution is -0.385. The molecule has 102 valence electrons. The van der Waals surface area contributed by atoms with Gasteiger partial charge >= 0.3 is 0 Å². The van der Waals surface area contributed by atoms with E-state index in [1.54, 1.807) is 30.3 Å². The van der Waals surface area contributed by atoms with Gasteiger partial charge in [0, 0.05) is 11.1 Å². The Hall–Kier alpha value is -2.40. The number of hydrogen-bond acceptors (Lipinski definition) is 4. The summed E-state index contributed by atoms with van der Waals surface area (Å²) in [5.74, 6) is 0. The van der Waals surface area contributed by atoms with Crippen molar-refractivity contribution in [3.8, 4) is 0 Å². The summed E-state index contributed by atoms with van der Waals surface area (Å²) in [7, 11) is 0. The van der Waals surface area contributed by atoms with Gasteiger partial charge in [-0.2, -0.15) is 0 Å². The second-order valence-electron chi connectivity index (χ2n) is 3.95. The van der Waals surface area contributed by atoms with Gasteiger partial charge in [-0.25, -0.2) is 0 Å². The summed E-state index contributed by atoms with van der Waals surface area (Å²) in [4.78, 5) is 15.4. The molecule has 0 aliphatic carbocycles. The van der Waals surface area contributed by atoms with Crippen molar-refractivity contribution in [3.05, 3.63) is 74.8 Å². The van der Waals surface area contributed by atoms with Gasteiger partial charge in [-0.05, 0) is 23.8 Å². The van der Waals surface area contributed by atoms with Crippen molar-refractivity contribution in [1.82, 2.24) is 0 Å². The molecule has 2 aromatic carbocycles. The zero-order chi connectivity index (χ0) is 14.4. The molecule has 0 N–H and O–H groups in total. The molecule has 0 unspecified atom stereocenters. The standard InChI is InChI=1S/C14H11ClN2O3/c15-13-7-5-11(6-8-13)10-20-16-9-12-3-1-2-4-14(12)17(18)19/h1-9H,10H2/b16-9+. The molecule has 0 aliphatic heterocycles. The summed E-state index contributed by atoms with van der Waals surface area (Å²) >= 11 is 5.77. The van der Waals surface area contributed by atoms with E-state index in [-0.39, 0.29) is 12.3 Å². The fraction of sp³-hybridized carbons (Fsp3) is 0.0714. The van der Waals surface area contributed by atoms with Gasteiger partial charge in [0.15, 0.2) is 0 Å². The number of nitrogens with zero attached hydrogens (tertiary/aromatic N) is 2. The van der Waals surface area contributed by atoms with Crippen molar-refractivity contribution in [2.24, 2.45) is 5.16 Å². The van der Waals surface area contributed by atoms with Crippen LogP contribution in [0.15, 0.2) is 53.7 Å². The molecule has 6 heteroatoms. The highest BCUT2D eigenvalue weighted by Gasteiger charge is 2.09. The van der Waals surface area contributed by atoms with Crippen molar-refractivity contribution in [2.75, 3.05) is 0 Å². The molecule has 0 fully saturated rings. The van der Waals surface area contributed by atoms with Crippen LogP contribution in [-0.2, 0) is 11.4 Å². The lowest BCUT2D eigenvalue weighted by atomic mass is 10.2. The Labute approximate surface area is 120 Å². The lowest BCUT2D eigenvalue weighted by Gasteiger charge is -2.00. The first-order valence-corrected chi connectivity index (χ1v) is 6.18. The SMILES string of the molecule is O=[N+]([O-])c1ccccc1/C=N/OCc1ccc(Cl)cc1. The van der Waals surface area contributed by atoms with E-state index in [0.717, 1.165) is 5.56 Å². The summed E-state index contributed by atoms with van der Waals surface area (Å²) in [5, 5.41) is 15.2. The minimum atomic E-state index is -0.458. The Morgan fingerprint density at radius 3 is 2.60 bits per heavy atom. The van der Waals surface area contributed by atoms with Crippen LogP contribution < -0.4 is 0 Å². The first kappa shape index (κ1) is 14.0. The molecular weight excluding hydrogens is 280 g/mol. The van der Waals surface area contributed by atoms with E-state index in [4.69, 9.17) is 16.4 Å². The molecule has 0 bridgehead atoms. The van der Waals surface area contributed by atoms with Gasteiger partial charge in [0.2, 0.25) is 0 Å². The molecule has 0 amide bonds. The number of hydrogen-bond donors (Lipinski definition) is 0. The number of benzene rings is 2. The zero-order valence-electron chi connectivity index (χ0n) is 10.4. The molecule has 2 aromatic rings. The highest BCUT2D eigenvalue weighted by atomic mass is 35.5. The first-order valence-electron chi connectivity index (χ1n) is 5.80. The monoisotopic (exact) mass is 290 g/mol. The van der Waals surface area contributed by atoms with Crippen molar-refractivity contribution in [1.29, 1.82) is 0 Å². The first-order chi connectivity index (χ1) is 9.66. The van der Waals surface area contributed by atoms with E-state index in [2.05, 4.69) is 5.16 Å². The van der Waals surface area contributed by atoms with Crippen LogP contribution in [0.25, 0.3) is 0 Å². The number of nitro groups is 1. The van der Waals surface area contributed by atoms with Crippen molar-refractivity contribution in [2.45, 2.75) is 6.61 Å². The normalized spacial score (nSPS) is 10.7. The number of rotatable bonds is 5. The van der Waals surface area contributed by atoms with E-state index in [0.29, 0.717) is 10.6 Å². The third-order valence-corrected chi connectivity index (χ3v) is 2.80.